The minimum Gasteiger partial charge on any atom is -0.490 e. The summed E-state index contributed by atoms with van der Waals surface area (Å²) in [6.07, 6.45) is 8.56. The first-order valence-corrected chi connectivity index (χ1v) is 10.5. The predicted octanol–water partition coefficient (Wildman–Crippen LogP) is 4.07. The lowest BCUT2D eigenvalue weighted by Gasteiger charge is -2.33. The van der Waals surface area contributed by atoms with E-state index in [2.05, 4.69) is 45.5 Å². The summed E-state index contributed by atoms with van der Waals surface area (Å²) in [6.45, 7) is 5.57. The highest BCUT2D eigenvalue weighted by molar-refractivity contribution is 5.85. The predicted molar refractivity (Wildman–Crippen MR) is 119 cm³/mol. The van der Waals surface area contributed by atoms with E-state index in [0.717, 1.165) is 50.9 Å². The summed E-state index contributed by atoms with van der Waals surface area (Å²) in [4.78, 5) is 6.82. The number of hydrogen-bond donors (Lipinski definition) is 1. The Morgan fingerprint density at radius 1 is 1.07 bits per heavy atom. The fourth-order valence-electron chi connectivity index (χ4n) is 3.84. The molecule has 6 heteroatoms. The summed E-state index contributed by atoms with van der Waals surface area (Å²) in [5.74, 6) is 1.63. The maximum Gasteiger partial charge on any atom is 0.139 e. The van der Waals surface area contributed by atoms with Crippen molar-refractivity contribution in [3.63, 3.8) is 0 Å². The fourth-order valence-corrected chi connectivity index (χ4v) is 3.84. The third kappa shape index (κ3) is 6.59. The number of anilines is 1. The topological polar surface area (TPSA) is 46.6 Å². The molecule has 2 fully saturated rings. The van der Waals surface area contributed by atoms with Crippen molar-refractivity contribution in [3.8, 4) is 5.75 Å². The molecule has 0 saturated carbocycles. The fraction of sp³-hybridized carbons (Fsp3) is 0.522. The molecule has 4 rings (SSSR count). The van der Waals surface area contributed by atoms with Crippen molar-refractivity contribution in [2.45, 2.75) is 38.3 Å². The Morgan fingerprint density at radius 3 is 2.59 bits per heavy atom. The van der Waals surface area contributed by atoms with Crippen LogP contribution in [0.4, 0.5) is 5.69 Å². The van der Waals surface area contributed by atoms with Gasteiger partial charge in [-0.25, -0.2) is 0 Å². The molecule has 2 saturated heterocycles. The van der Waals surface area contributed by atoms with Gasteiger partial charge in [0.05, 0.1) is 24.7 Å². The second kappa shape index (κ2) is 11.4. The number of ether oxygens (including phenoxy) is 2. The number of nitrogens with zero attached hydrogens (tertiary/aromatic N) is 2. The van der Waals surface area contributed by atoms with Gasteiger partial charge in [-0.05, 0) is 43.7 Å². The quantitative estimate of drug-likeness (QED) is 0.623. The Kier molecular flexibility index (Phi) is 8.59. The Hall–Kier alpha value is -1.82. The largest absolute Gasteiger partial charge is 0.490 e. The molecule has 0 unspecified atom stereocenters. The molecule has 0 bridgehead atoms. The van der Waals surface area contributed by atoms with Crippen molar-refractivity contribution in [1.82, 2.24) is 10.3 Å². The first-order chi connectivity index (χ1) is 13.9. The van der Waals surface area contributed by atoms with Crippen LogP contribution in [0.3, 0.4) is 0 Å². The molecule has 158 valence electrons. The number of aromatic nitrogens is 1. The molecule has 1 aromatic heterocycles. The number of nitrogens with one attached hydrogen (secondary N) is 1. The lowest BCUT2D eigenvalue weighted by atomic mass is 9.94. The average molecular weight is 418 g/mol. The number of benzene rings is 1. The minimum atomic E-state index is 0. The molecule has 1 aromatic carbocycles. The van der Waals surface area contributed by atoms with Gasteiger partial charge in [0.1, 0.15) is 12.4 Å². The van der Waals surface area contributed by atoms with Gasteiger partial charge in [0.15, 0.2) is 0 Å². The van der Waals surface area contributed by atoms with Crippen LogP contribution in [0.25, 0.3) is 0 Å². The SMILES string of the molecule is Cl.c1ccc(COCCC2CCN(c3cncc(OC[C@@H]4CCN4)c3)CC2)cc1. The van der Waals surface area contributed by atoms with Crippen molar-refractivity contribution in [2.24, 2.45) is 5.92 Å². The summed E-state index contributed by atoms with van der Waals surface area (Å²) in [7, 11) is 0. The lowest BCUT2D eigenvalue weighted by molar-refractivity contribution is 0.104. The second-order valence-corrected chi connectivity index (χ2v) is 7.89. The molecule has 2 aliphatic rings. The van der Waals surface area contributed by atoms with Crippen molar-refractivity contribution in [3.05, 3.63) is 54.4 Å². The van der Waals surface area contributed by atoms with Gasteiger partial charge < -0.3 is 19.7 Å². The molecular weight excluding hydrogens is 386 g/mol. The molecule has 2 aromatic rings. The molecular formula is C23H32ClN3O2. The summed E-state index contributed by atoms with van der Waals surface area (Å²) < 4.78 is 11.8. The van der Waals surface area contributed by atoms with Crippen molar-refractivity contribution < 1.29 is 9.47 Å². The molecule has 0 amide bonds. The highest BCUT2D eigenvalue weighted by Crippen LogP contribution is 2.27. The smallest absolute Gasteiger partial charge is 0.139 e. The summed E-state index contributed by atoms with van der Waals surface area (Å²) >= 11 is 0. The van der Waals surface area contributed by atoms with Crippen molar-refractivity contribution in [2.75, 3.05) is 37.7 Å². The van der Waals surface area contributed by atoms with E-state index in [1.165, 1.54) is 30.5 Å². The van der Waals surface area contributed by atoms with E-state index in [1.54, 1.807) is 0 Å². The summed E-state index contributed by atoms with van der Waals surface area (Å²) in [6, 6.07) is 13.0. The standard InChI is InChI=1S/C23H31N3O2.ClH/c1-2-4-20(5-3-1)17-27-13-9-19-7-11-26(12-8-19)22-14-23(16-24-15-22)28-18-21-6-10-25-21;/h1-5,14-16,19,21,25H,6-13,17-18H2;1H/t21-;/m0./s1. The van der Waals surface area contributed by atoms with Crippen LogP contribution in [0.2, 0.25) is 0 Å². The van der Waals surface area contributed by atoms with Gasteiger partial charge in [-0.1, -0.05) is 30.3 Å². The van der Waals surface area contributed by atoms with Crippen molar-refractivity contribution >= 4 is 18.1 Å². The number of hydrogen-bond acceptors (Lipinski definition) is 5. The van der Waals surface area contributed by atoms with Crippen LogP contribution in [0.1, 0.15) is 31.2 Å². The number of rotatable bonds is 9. The normalized spacial score (nSPS) is 19.3. The van der Waals surface area contributed by atoms with Gasteiger partial charge in [0.25, 0.3) is 0 Å². The van der Waals surface area contributed by atoms with Gasteiger partial charge in [-0.15, -0.1) is 12.4 Å². The van der Waals surface area contributed by atoms with Crippen molar-refractivity contribution in [1.29, 1.82) is 0 Å². The Morgan fingerprint density at radius 2 is 1.86 bits per heavy atom. The monoisotopic (exact) mass is 417 g/mol. The third-order valence-electron chi connectivity index (χ3n) is 5.84. The van der Waals surface area contributed by atoms with Crippen LogP contribution >= 0.6 is 12.4 Å². The van der Waals surface area contributed by atoms with E-state index in [9.17, 15) is 0 Å². The zero-order chi connectivity index (χ0) is 19.0. The first kappa shape index (κ1) is 21.9. The van der Waals surface area contributed by atoms with Crippen LogP contribution in [0, 0.1) is 5.92 Å². The van der Waals surface area contributed by atoms with Gasteiger partial charge in [-0.2, -0.15) is 0 Å². The van der Waals surface area contributed by atoms with E-state index in [4.69, 9.17) is 9.47 Å². The van der Waals surface area contributed by atoms with Crippen LogP contribution in [0.15, 0.2) is 48.8 Å². The maximum absolute atomic E-state index is 5.90. The Bertz CT molecular complexity index is 719. The molecule has 3 heterocycles. The van der Waals surface area contributed by atoms with Gasteiger partial charge in [0.2, 0.25) is 0 Å². The first-order valence-electron chi connectivity index (χ1n) is 10.5. The Balaban J connectivity index is 0.00000240. The van der Waals surface area contributed by atoms with E-state index in [1.807, 2.05) is 18.5 Å². The highest BCUT2D eigenvalue weighted by Gasteiger charge is 2.20. The van der Waals surface area contributed by atoms with E-state index >= 15 is 0 Å². The van der Waals surface area contributed by atoms with E-state index in [0.29, 0.717) is 12.6 Å². The van der Waals surface area contributed by atoms with E-state index in [-0.39, 0.29) is 12.4 Å². The molecule has 1 atom stereocenters. The summed E-state index contributed by atoms with van der Waals surface area (Å²) in [5, 5.41) is 3.36. The second-order valence-electron chi connectivity index (χ2n) is 7.89. The minimum absolute atomic E-state index is 0. The molecule has 1 N–H and O–H groups in total. The molecule has 5 nitrogen and oxygen atoms in total. The van der Waals surface area contributed by atoms with Gasteiger partial charge in [-0.3, -0.25) is 4.98 Å². The zero-order valence-corrected chi connectivity index (χ0v) is 17.8. The Labute approximate surface area is 180 Å². The molecule has 0 spiro atoms. The number of pyridine rings is 1. The third-order valence-corrected chi connectivity index (χ3v) is 5.84. The zero-order valence-electron chi connectivity index (χ0n) is 17.0. The average Bonchev–Trinajstić information content (AvgIpc) is 2.72. The highest BCUT2D eigenvalue weighted by atomic mass is 35.5. The maximum atomic E-state index is 5.90. The number of piperidine rings is 1. The van der Waals surface area contributed by atoms with Crippen LogP contribution in [-0.2, 0) is 11.3 Å². The van der Waals surface area contributed by atoms with Crippen LogP contribution in [-0.4, -0.2) is 43.9 Å². The van der Waals surface area contributed by atoms with Gasteiger partial charge in [0, 0.05) is 31.8 Å². The molecule has 0 radical (unpaired) electrons. The lowest BCUT2D eigenvalue weighted by Crippen LogP contribution is -2.46. The van der Waals surface area contributed by atoms with Crippen LogP contribution in [0.5, 0.6) is 5.75 Å². The van der Waals surface area contributed by atoms with Gasteiger partial charge >= 0.3 is 0 Å². The summed E-state index contributed by atoms with van der Waals surface area (Å²) in [5.41, 5.74) is 2.43. The molecule has 29 heavy (non-hydrogen) atoms. The van der Waals surface area contributed by atoms with Crippen LogP contribution < -0.4 is 15.0 Å². The molecule has 0 aliphatic carbocycles. The van der Waals surface area contributed by atoms with E-state index < -0.39 is 0 Å². The molecule has 2 aliphatic heterocycles. The number of halogens is 1.